The third-order valence-corrected chi connectivity index (χ3v) is 5.64. The van der Waals surface area contributed by atoms with Gasteiger partial charge in [-0.1, -0.05) is 13.0 Å². The molecule has 0 N–H and O–H groups in total. The van der Waals surface area contributed by atoms with E-state index in [1.165, 1.54) is 0 Å². The molecule has 0 spiro atoms. The molecule has 0 amide bonds. The summed E-state index contributed by atoms with van der Waals surface area (Å²) < 4.78 is 18.6. The zero-order valence-corrected chi connectivity index (χ0v) is 19.7. The average molecular weight is 447 g/mol. The highest BCUT2D eigenvalue weighted by molar-refractivity contribution is 5.85. The summed E-state index contributed by atoms with van der Waals surface area (Å²) in [5.74, 6) is 1.92. The standard InChI is InChI=1S/C23H30N4O3.ClH/c1-6-9-26(10-11-28-4)23-19-13-30-14-20(19)24-22-21(16(3)25-27(22)23)18-8-7-17(29-5)12-15(18)2;/h7-8,12H,6,9-11,13-14H2,1-5H3;1H. The van der Waals surface area contributed by atoms with Gasteiger partial charge in [0, 0.05) is 31.3 Å². The summed E-state index contributed by atoms with van der Waals surface area (Å²) in [5, 5.41) is 4.95. The molecule has 0 saturated carbocycles. The lowest BCUT2D eigenvalue weighted by Gasteiger charge is -2.26. The van der Waals surface area contributed by atoms with Gasteiger partial charge >= 0.3 is 0 Å². The van der Waals surface area contributed by atoms with Crippen LogP contribution in [-0.2, 0) is 22.7 Å². The summed E-state index contributed by atoms with van der Waals surface area (Å²) >= 11 is 0. The van der Waals surface area contributed by atoms with E-state index in [0.717, 1.165) is 70.4 Å². The summed E-state index contributed by atoms with van der Waals surface area (Å²) in [6.07, 6.45) is 1.04. The Morgan fingerprint density at radius 2 is 1.97 bits per heavy atom. The van der Waals surface area contributed by atoms with E-state index in [9.17, 15) is 0 Å². The fourth-order valence-electron chi connectivity index (χ4n) is 4.21. The molecule has 0 saturated heterocycles. The van der Waals surface area contributed by atoms with Crippen LogP contribution in [0.15, 0.2) is 18.2 Å². The number of benzene rings is 1. The van der Waals surface area contributed by atoms with Crippen LogP contribution in [-0.4, -0.2) is 48.5 Å². The predicted molar refractivity (Wildman–Crippen MR) is 125 cm³/mol. The molecule has 0 radical (unpaired) electrons. The van der Waals surface area contributed by atoms with Crippen molar-refractivity contribution < 1.29 is 14.2 Å². The van der Waals surface area contributed by atoms with E-state index in [2.05, 4.69) is 37.8 Å². The maximum atomic E-state index is 5.78. The first kappa shape index (κ1) is 23.3. The van der Waals surface area contributed by atoms with Crippen molar-refractivity contribution in [1.29, 1.82) is 0 Å². The van der Waals surface area contributed by atoms with Gasteiger partial charge in [-0.3, -0.25) is 0 Å². The number of hydrogen-bond donors (Lipinski definition) is 0. The molecular weight excluding hydrogens is 416 g/mol. The van der Waals surface area contributed by atoms with E-state index in [0.29, 0.717) is 19.8 Å². The number of aryl methyl sites for hydroxylation is 2. The fraction of sp³-hybridized carbons (Fsp3) is 0.478. The van der Waals surface area contributed by atoms with Crippen LogP contribution >= 0.6 is 12.4 Å². The van der Waals surface area contributed by atoms with Crippen molar-refractivity contribution in [3.63, 3.8) is 0 Å². The Hall–Kier alpha value is -2.35. The third-order valence-electron chi connectivity index (χ3n) is 5.64. The molecule has 7 nitrogen and oxygen atoms in total. The minimum absolute atomic E-state index is 0. The molecule has 8 heteroatoms. The Labute approximate surface area is 189 Å². The van der Waals surface area contributed by atoms with Gasteiger partial charge in [-0.25, -0.2) is 4.98 Å². The highest BCUT2D eigenvalue weighted by Gasteiger charge is 2.27. The van der Waals surface area contributed by atoms with Crippen molar-refractivity contribution in [1.82, 2.24) is 14.6 Å². The Morgan fingerprint density at radius 1 is 1.16 bits per heavy atom. The number of fused-ring (bicyclic) bond motifs is 2. The molecular formula is C23H31ClN4O3. The second kappa shape index (κ2) is 9.85. The summed E-state index contributed by atoms with van der Waals surface area (Å²) in [5.41, 5.74) is 7.30. The van der Waals surface area contributed by atoms with Gasteiger partial charge in [-0.2, -0.15) is 9.61 Å². The summed E-state index contributed by atoms with van der Waals surface area (Å²) in [4.78, 5) is 7.36. The Balaban J connectivity index is 0.00000272. The first-order chi connectivity index (χ1) is 14.6. The van der Waals surface area contributed by atoms with E-state index in [-0.39, 0.29) is 12.4 Å². The summed E-state index contributed by atoms with van der Waals surface area (Å²) in [6, 6.07) is 6.14. The highest BCUT2D eigenvalue weighted by atomic mass is 35.5. The van der Waals surface area contributed by atoms with Gasteiger partial charge in [0.25, 0.3) is 0 Å². The molecule has 1 aliphatic rings. The molecule has 1 aliphatic heterocycles. The van der Waals surface area contributed by atoms with Gasteiger partial charge in [-0.15, -0.1) is 12.4 Å². The second-order valence-corrected chi connectivity index (χ2v) is 7.71. The zero-order valence-electron chi connectivity index (χ0n) is 18.9. The van der Waals surface area contributed by atoms with Crippen molar-refractivity contribution >= 4 is 23.9 Å². The zero-order chi connectivity index (χ0) is 21.3. The molecule has 4 rings (SSSR count). The van der Waals surface area contributed by atoms with Crippen LogP contribution in [0.4, 0.5) is 5.82 Å². The van der Waals surface area contributed by atoms with Gasteiger partial charge < -0.3 is 19.1 Å². The number of aromatic nitrogens is 3. The van der Waals surface area contributed by atoms with Gasteiger partial charge in [0.2, 0.25) is 0 Å². The Morgan fingerprint density at radius 3 is 2.65 bits per heavy atom. The van der Waals surface area contributed by atoms with Crippen LogP contribution in [0.25, 0.3) is 16.8 Å². The topological polar surface area (TPSA) is 61.1 Å². The van der Waals surface area contributed by atoms with Crippen LogP contribution in [0.5, 0.6) is 5.75 Å². The predicted octanol–water partition coefficient (Wildman–Crippen LogP) is 4.34. The Kier molecular flexibility index (Phi) is 7.41. The molecule has 0 aliphatic carbocycles. The van der Waals surface area contributed by atoms with Crippen LogP contribution in [0.1, 0.15) is 35.9 Å². The highest BCUT2D eigenvalue weighted by Crippen LogP contribution is 2.37. The average Bonchev–Trinajstić information content (AvgIpc) is 3.33. The van der Waals surface area contributed by atoms with E-state index in [4.69, 9.17) is 24.3 Å². The fourth-order valence-corrected chi connectivity index (χ4v) is 4.21. The van der Waals surface area contributed by atoms with Gasteiger partial charge in [0.15, 0.2) is 5.65 Å². The van der Waals surface area contributed by atoms with Gasteiger partial charge in [0.05, 0.1) is 38.3 Å². The third kappa shape index (κ3) is 4.22. The van der Waals surface area contributed by atoms with Crippen LogP contribution in [0, 0.1) is 13.8 Å². The number of hydrogen-bond acceptors (Lipinski definition) is 6. The Bertz CT molecular complexity index is 1070. The van der Waals surface area contributed by atoms with Gasteiger partial charge in [-0.05, 0) is 43.5 Å². The summed E-state index contributed by atoms with van der Waals surface area (Å²) in [7, 11) is 3.43. The number of anilines is 1. The number of rotatable bonds is 8. The van der Waals surface area contributed by atoms with Crippen molar-refractivity contribution in [2.24, 2.45) is 0 Å². The molecule has 1 aromatic carbocycles. The molecule has 3 aromatic rings. The molecule has 168 valence electrons. The van der Waals surface area contributed by atoms with E-state index >= 15 is 0 Å². The molecule has 3 heterocycles. The minimum atomic E-state index is 0. The molecule has 0 fully saturated rings. The first-order valence-electron chi connectivity index (χ1n) is 10.5. The van der Waals surface area contributed by atoms with Gasteiger partial charge in [0.1, 0.15) is 11.6 Å². The lowest BCUT2D eigenvalue weighted by molar-refractivity contribution is 0.133. The van der Waals surface area contributed by atoms with Crippen molar-refractivity contribution in [2.45, 2.75) is 40.4 Å². The van der Waals surface area contributed by atoms with Crippen molar-refractivity contribution in [3.8, 4) is 16.9 Å². The number of methoxy groups -OCH3 is 2. The lowest BCUT2D eigenvalue weighted by atomic mass is 10.0. The smallest absolute Gasteiger partial charge is 0.165 e. The molecule has 0 unspecified atom stereocenters. The molecule has 0 bridgehead atoms. The monoisotopic (exact) mass is 446 g/mol. The first-order valence-corrected chi connectivity index (χ1v) is 10.5. The van der Waals surface area contributed by atoms with E-state index in [1.54, 1.807) is 14.2 Å². The maximum Gasteiger partial charge on any atom is 0.165 e. The normalized spacial score (nSPS) is 12.7. The van der Waals surface area contributed by atoms with Crippen LogP contribution < -0.4 is 9.64 Å². The quantitative estimate of drug-likeness (QED) is 0.513. The van der Waals surface area contributed by atoms with Crippen LogP contribution in [0.3, 0.4) is 0 Å². The maximum absolute atomic E-state index is 5.78. The largest absolute Gasteiger partial charge is 0.497 e. The van der Waals surface area contributed by atoms with E-state index in [1.807, 2.05) is 10.6 Å². The molecule has 2 aromatic heterocycles. The van der Waals surface area contributed by atoms with Crippen molar-refractivity contribution in [2.75, 3.05) is 38.8 Å². The van der Waals surface area contributed by atoms with E-state index < -0.39 is 0 Å². The van der Waals surface area contributed by atoms with Crippen molar-refractivity contribution in [3.05, 3.63) is 40.7 Å². The van der Waals surface area contributed by atoms with Crippen LogP contribution in [0.2, 0.25) is 0 Å². The summed E-state index contributed by atoms with van der Waals surface area (Å²) in [6.45, 7) is 9.82. The SMILES string of the molecule is CCCN(CCOC)c1c2c(nc3c(-c4ccc(OC)cc4C)c(C)nn13)COC2.Cl. The molecule has 0 atom stereocenters. The lowest BCUT2D eigenvalue weighted by Crippen LogP contribution is -2.31. The number of halogens is 1. The second-order valence-electron chi connectivity index (χ2n) is 7.71. The molecule has 31 heavy (non-hydrogen) atoms. The minimum Gasteiger partial charge on any atom is -0.497 e. The number of ether oxygens (including phenoxy) is 3. The number of nitrogens with zero attached hydrogens (tertiary/aromatic N) is 4.